The van der Waals surface area contributed by atoms with Gasteiger partial charge in [0.05, 0.1) is 11.4 Å². The monoisotopic (exact) mass is 728 g/mol. The van der Waals surface area contributed by atoms with Crippen molar-refractivity contribution in [3.05, 3.63) is 217 Å². The van der Waals surface area contributed by atoms with Crippen molar-refractivity contribution in [3.63, 3.8) is 0 Å². The molecule has 268 valence electrons. The molecule has 0 aliphatic heterocycles. The zero-order chi connectivity index (χ0) is 37.9. The maximum absolute atomic E-state index is 6.18. The number of nitrogens with zero attached hydrogens (tertiary/aromatic N) is 2. The van der Waals surface area contributed by atoms with Gasteiger partial charge in [-0.3, -0.25) is 0 Å². The van der Waals surface area contributed by atoms with Gasteiger partial charge >= 0.3 is 0 Å². The second-order valence-electron chi connectivity index (χ2n) is 15.0. The predicted octanol–water partition coefficient (Wildman–Crippen LogP) is 14.0. The summed E-state index contributed by atoms with van der Waals surface area (Å²) >= 11 is 0. The van der Waals surface area contributed by atoms with Gasteiger partial charge in [0, 0.05) is 32.9 Å². The molecule has 0 bridgehead atoms. The SMILES string of the molecule is CC1(c2ccccc2)c2ccccc2-c2c(-c3cccc(-c4cc(-c5ccccc5-c5ccc6oc7ccccc7c6c5)nc(-c5ccccc5)n4)c3)cccc21. The Hall–Kier alpha value is -7.36. The third-order valence-corrected chi connectivity index (χ3v) is 11.8. The van der Waals surface area contributed by atoms with Crippen molar-refractivity contribution in [3.8, 4) is 67.3 Å². The van der Waals surface area contributed by atoms with Gasteiger partial charge in [-0.2, -0.15) is 0 Å². The van der Waals surface area contributed by atoms with E-state index in [0.717, 1.165) is 66.7 Å². The topological polar surface area (TPSA) is 38.9 Å². The first-order valence-electron chi connectivity index (χ1n) is 19.5. The van der Waals surface area contributed by atoms with Gasteiger partial charge in [-0.15, -0.1) is 0 Å². The summed E-state index contributed by atoms with van der Waals surface area (Å²) in [6.45, 7) is 2.37. The average molecular weight is 729 g/mol. The van der Waals surface area contributed by atoms with Crippen molar-refractivity contribution in [1.82, 2.24) is 9.97 Å². The number of fused-ring (bicyclic) bond motifs is 6. The minimum atomic E-state index is -0.268. The molecule has 0 amide bonds. The zero-order valence-corrected chi connectivity index (χ0v) is 31.4. The quantitative estimate of drug-likeness (QED) is 0.171. The number of hydrogen-bond acceptors (Lipinski definition) is 3. The van der Waals surface area contributed by atoms with Crippen LogP contribution in [-0.2, 0) is 5.41 Å². The Morgan fingerprint density at radius 3 is 1.84 bits per heavy atom. The number of aromatic nitrogens is 2. The Kier molecular flexibility index (Phi) is 7.61. The van der Waals surface area contributed by atoms with E-state index in [2.05, 4.69) is 177 Å². The highest BCUT2D eigenvalue weighted by Gasteiger charge is 2.41. The van der Waals surface area contributed by atoms with Crippen LogP contribution in [0.3, 0.4) is 0 Å². The van der Waals surface area contributed by atoms with Crippen LogP contribution in [0.5, 0.6) is 0 Å². The first-order valence-corrected chi connectivity index (χ1v) is 19.5. The summed E-state index contributed by atoms with van der Waals surface area (Å²) < 4.78 is 6.18. The Morgan fingerprint density at radius 1 is 0.386 bits per heavy atom. The summed E-state index contributed by atoms with van der Waals surface area (Å²) in [6.07, 6.45) is 0. The summed E-state index contributed by atoms with van der Waals surface area (Å²) in [4.78, 5) is 10.5. The molecule has 1 unspecified atom stereocenters. The van der Waals surface area contributed by atoms with Crippen LogP contribution in [0, 0.1) is 0 Å². The van der Waals surface area contributed by atoms with Crippen LogP contribution < -0.4 is 0 Å². The number of rotatable bonds is 6. The summed E-state index contributed by atoms with van der Waals surface area (Å²) in [6, 6.07) is 71.1. The van der Waals surface area contributed by atoms with E-state index in [9.17, 15) is 0 Å². The Balaban J connectivity index is 1.07. The van der Waals surface area contributed by atoms with Gasteiger partial charge in [0.2, 0.25) is 0 Å². The lowest BCUT2D eigenvalue weighted by atomic mass is 9.74. The Labute approximate surface area is 331 Å². The highest BCUT2D eigenvalue weighted by molar-refractivity contribution is 6.06. The molecular formula is C54H36N2O. The van der Waals surface area contributed by atoms with E-state index < -0.39 is 0 Å². The summed E-state index contributed by atoms with van der Waals surface area (Å²) in [7, 11) is 0. The molecule has 3 heteroatoms. The number of hydrogen-bond donors (Lipinski definition) is 0. The van der Waals surface area contributed by atoms with Gasteiger partial charge < -0.3 is 4.42 Å². The zero-order valence-electron chi connectivity index (χ0n) is 31.4. The predicted molar refractivity (Wildman–Crippen MR) is 234 cm³/mol. The highest BCUT2D eigenvalue weighted by atomic mass is 16.3. The second-order valence-corrected chi connectivity index (χ2v) is 15.0. The van der Waals surface area contributed by atoms with Crippen molar-refractivity contribution < 1.29 is 4.42 Å². The fourth-order valence-electron chi connectivity index (χ4n) is 9.01. The number of benzene rings is 8. The summed E-state index contributed by atoms with van der Waals surface area (Å²) in [5.41, 5.74) is 17.4. The lowest BCUT2D eigenvalue weighted by molar-refractivity contribution is 0.669. The molecule has 1 aliphatic rings. The molecule has 8 aromatic carbocycles. The van der Waals surface area contributed by atoms with Crippen molar-refractivity contribution in [2.24, 2.45) is 0 Å². The average Bonchev–Trinajstić information content (AvgIpc) is 3.79. The molecule has 0 radical (unpaired) electrons. The standard InChI is InChI=1S/C54H36N2O/c1-54(39-20-6-3-7-21-39)46-27-12-10-25-44(46)52-41(26-15-28-47(52)54)36-18-14-19-38(32-36)48-34-49(56-53(55-48)35-16-4-2-5-17-35)42-23-9-8-22-40(42)37-30-31-51-45(33-37)43-24-11-13-29-50(43)57-51/h2-34H,1H3. The lowest BCUT2D eigenvalue weighted by Crippen LogP contribution is -2.22. The van der Waals surface area contributed by atoms with E-state index in [0.29, 0.717) is 5.82 Å². The van der Waals surface area contributed by atoms with E-state index in [1.807, 2.05) is 30.3 Å². The maximum atomic E-state index is 6.18. The molecule has 11 rings (SSSR count). The molecule has 1 aliphatic carbocycles. The lowest BCUT2D eigenvalue weighted by Gasteiger charge is -2.28. The largest absolute Gasteiger partial charge is 0.456 e. The maximum Gasteiger partial charge on any atom is 0.160 e. The third-order valence-electron chi connectivity index (χ3n) is 11.8. The normalized spacial score (nSPS) is 14.5. The fraction of sp³-hybridized carbons (Fsp3) is 0.0370. The molecule has 0 saturated carbocycles. The van der Waals surface area contributed by atoms with Gasteiger partial charge in [0.1, 0.15) is 11.2 Å². The van der Waals surface area contributed by atoms with Crippen molar-refractivity contribution in [2.75, 3.05) is 0 Å². The molecule has 3 nitrogen and oxygen atoms in total. The molecule has 0 saturated heterocycles. The first kappa shape index (κ1) is 33.0. The highest BCUT2D eigenvalue weighted by Crippen LogP contribution is 2.55. The van der Waals surface area contributed by atoms with Crippen LogP contribution in [-0.4, -0.2) is 9.97 Å². The van der Waals surface area contributed by atoms with Crippen molar-refractivity contribution in [1.29, 1.82) is 0 Å². The van der Waals surface area contributed by atoms with Gasteiger partial charge in [-0.25, -0.2) is 9.97 Å². The summed E-state index contributed by atoms with van der Waals surface area (Å²) in [5.74, 6) is 0.688. The molecule has 10 aromatic rings. The van der Waals surface area contributed by atoms with E-state index in [1.54, 1.807) is 0 Å². The van der Waals surface area contributed by atoms with Crippen LogP contribution in [0.15, 0.2) is 205 Å². The van der Waals surface area contributed by atoms with Crippen molar-refractivity contribution in [2.45, 2.75) is 12.3 Å². The molecule has 1 atom stereocenters. The molecule has 0 fully saturated rings. The summed E-state index contributed by atoms with van der Waals surface area (Å²) in [5, 5.41) is 2.21. The van der Waals surface area contributed by atoms with E-state index in [1.165, 1.54) is 33.4 Å². The van der Waals surface area contributed by atoms with Gasteiger partial charge in [0.25, 0.3) is 0 Å². The molecular weight excluding hydrogens is 693 g/mol. The van der Waals surface area contributed by atoms with E-state index in [-0.39, 0.29) is 5.41 Å². The molecule has 2 aromatic heterocycles. The van der Waals surface area contributed by atoms with Crippen LogP contribution in [0.2, 0.25) is 0 Å². The van der Waals surface area contributed by atoms with Crippen LogP contribution in [0.1, 0.15) is 23.6 Å². The number of furan rings is 1. The Morgan fingerprint density at radius 2 is 0.982 bits per heavy atom. The smallest absolute Gasteiger partial charge is 0.160 e. The van der Waals surface area contributed by atoms with Gasteiger partial charge in [0.15, 0.2) is 5.82 Å². The van der Waals surface area contributed by atoms with Crippen LogP contribution in [0.25, 0.3) is 89.2 Å². The van der Waals surface area contributed by atoms with Crippen LogP contribution in [0.4, 0.5) is 0 Å². The molecule has 57 heavy (non-hydrogen) atoms. The third kappa shape index (κ3) is 5.35. The van der Waals surface area contributed by atoms with Crippen molar-refractivity contribution >= 4 is 21.9 Å². The Bertz CT molecular complexity index is 3140. The number of para-hydroxylation sites is 1. The van der Waals surface area contributed by atoms with E-state index in [4.69, 9.17) is 14.4 Å². The fourth-order valence-corrected chi connectivity index (χ4v) is 9.01. The molecule has 2 heterocycles. The minimum absolute atomic E-state index is 0.268. The first-order chi connectivity index (χ1) is 28.1. The molecule has 0 N–H and O–H groups in total. The minimum Gasteiger partial charge on any atom is -0.456 e. The van der Waals surface area contributed by atoms with E-state index >= 15 is 0 Å². The van der Waals surface area contributed by atoms with Gasteiger partial charge in [-0.1, -0.05) is 170 Å². The van der Waals surface area contributed by atoms with Crippen LogP contribution >= 0.6 is 0 Å². The molecule has 0 spiro atoms. The second kappa shape index (κ2) is 13.1. The van der Waals surface area contributed by atoms with Gasteiger partial charge in [-0.05, 0) is 87.3 Å².